The molecule has 1 amide bonds. The lowest BCUT2D eigenvalue weighted by Crippen LogP contribution is -2.66. The predicted octanol–water partition coefficient (Wildman–Crippen LogP) is 3.37. The second-order valence-corrected chi connectivity index (χ2v) is 10.6. The minimum atomic E-state index is -1.46. The van der Waals surface area contributed by atoms with Gasteiger partial charge in [0.25, 0.3) is 0 Å². The van der Waals surface area contributed by atoms with Gasteiger partial charge in [-0.05, 0) is 51.7 Å². The van der Waals surface area contributed by atoms with Crippen LogP contribution in [0.4, 0.5) is 4.79 Å². The number of aliphatic hydroxyl groups excluding tert-OH is 2. The van der Waals surface area contributed by atoms with Gasteiger partial charge in [-0.2, -0.15) is 0 Å². The third kappa shape index (κ3) is 7.77. The maximum absolute atomic E-state index is 13.3. The van der Waals surface area contributed by atoms with Crippen molar-refractivity contribution < 1.29 is 34.0 Å². The summed E-state index contributed by atoms with van der Waals surface area (Å²) in [6.07, 6.45) is -1.93. The van der Waals surface area contributed by atoms with E-state index in [-0.39, 0.29) is 13.2 Å². The summed E-state index contributed by atoms with van der Waals surface area (Å²) in [6.45, 7) is 7.04. The number of benzene rings is 2. The number of amides is 1. The molecule has 1 aliphatic rings. The highest BCUT2D eigenvalue weighted by Crippen LogP contribution is 2.33. The molecule has 38 heavy (non-hydrogen) atoms. The van der Waals surface area contributed by atoms with Gasteiger partial charge in [0.05, 0.1) is 19.3 Å². The molecule has 0 radical (unpaired) electrons. The fourth-order valence-corrected chi connectivity index (χ4v) is 4.46. The van der Waals surface area contributed by atoms with Crippen LogP contribution in [-0.2, 0) is 32.2 Å². The minimum Gasteiger partial charge on any atom is -0.460 e. The number of likely N-dealkylation sites (tertiary alicyclic amines) is 1. The van der Waals surface area contributed by atoms with E-state index in [1.165, 1.54) is 4.90 Å². The van der Waals surface area contributed by atoms with Crippen molar-refractivity contribution in [3.8, 4) is 0 Å². The van der Waals surface area contributed by atoms with Crippen molar-refractivity contribution in [3.63, 3.8) is 0 Å². The highest BCUT2D eigenvalue weighted by Gasteiger charge is 2.51. The number of nitrogens with zero attached hydrogens (tertiary/aromatic N) is 1. The number of aliphatic hydroxyl groups is 2. The van der Waals surface area contributed by atoms with E-state index in [0.717, 1.165) is 11.1 Å². The molecule has 0 aliphatic carbocycles. The molecule has 208 valence electrons. The van der Waals surface area contributed by atoms with Crippen LogP contribution >= 0.6 is 0 Å². The van der Waals surface area contributed by atoms with Gasteiger partial charge in [-0.1, -0.05) is 60.7 Å². The van der Waals surface area contributed by atoms with Crippen LogP contribution in [0.15, 0.2) is 60.7 Å². The number of hydrogen-bond acceptors (Lipinski definition) is 8. The monoisotopic (exact) mass is 528 g/mol. The number of nitrogens with one attached hydrogen (secondary N) is 1. The molecule has 3 rings (SSSR count). The van der Waals surface area contributed by atoms with Crippen molar-refractivity contribution in [1.82, 2.24) is 10.2 Å². The number of rotatable bonds is 11. The number of carbonyl (C=O) groups excluding carboxylic acids is 2. The molecule has 1 aliphatic heterocycles. The first-order chi connectivity index (χ1) is 18.1. The summed E-state index contributed by atoms with van der Waals surface area (Å²) in [5.74, 6) is -0.622. The summed E-state index contributed by atoms with van der Waals surface area (Å²) in [4.78, 5) is 27.6. The molecule has 4 atom stereocenters. The van der Waals surface area contributed by atoms with E-state index >= 15 is 0 Å². The van der Waals surface area contributed by atoms with Crippen LogP contribution in [0.2, 0.25) is 0 Å². The van der Waals surface area contributed by atoms with E-state index in [2.05, 4.69) is 5.32 Å². The first-order valence-electron chi connectivity index (χ1n) is 13.0. The molecule has 1 heterocycles. The lowest BCUT2D eigenvalue weighted by molar-refractivity contribution is -0.155. The zero-order valence-electron chi connectivity index (χ0n) is 22.6. The van der Waals surface area contributed by atoms with Crippen LogP contribution in [-0.4, -0.2) is 69.8 Å². The first kappa shape index (κ1) is 29.6. The van der Waals surface area contributed by atoms with Gasteiger partial charge in [0.1, 0.15) is 30.0 Å². The molecule has 0 bridgehead atoms. The molecule has 3 N–H and O–H groups in total. The molecule has 9 heteroatoms. The Morgan fingerprint density at radius 3 is 2.16 bits per heavy atom. The van der Waals surface area contributed by atoms with Crippen molar-refractivity contribution in [2.75, 3.05) is 13.2 Å². The van der Waals surface area contributed by atoms with E-state index in [0.29, 0.717) is 19.4 Å². The van der Waals surface area contributed by atoms with E-state index in [1.807, 2.05) is 60.7 Å². The van der Waals surface area contributed by atoms with E-state index in [4.69, 9.17) is 14.2 Å². The lowest BCUT2D eigenvalue weighted by Gasteiger charge is -2.42. The quantitative estimate of drug-likeness (QED) is 0.300. The zero-order valence-corrected chi connectivity index (χ0v) is 22.6. The second-order valence-electron chi connectivity index (χ2n) is 10.6. The van der Waals surface area contributed by atoms with Crippen LogP contribution in [0.3, 0.4) is 0 Å². The third-order valence-electron chi connectivity index (χ3n) is 6.57. The third-order valence-corrected chi connectivity index (χ3v) is 6.57. The fourth-order valence-electron chi connectivity index (χ4n) is 4.46. The Hall–Kier alpha value is -2.98. The molecule has 2 unspecified atom stereocenters. The van der Waals surface area contributed by atoms with Gasteiger partial charge in [0.15, 0.2) is 0 Å². The van der Waals surface area contributed by atoms with Crippen molar-refractivity contribution in [2.45, 2.75) is 83.3 Å². The van der Waals surface area contributed by atoms with E-state index in [1.54, 1.807) is 27.7 Å². The van der Waals surface area contributed by atoms with Crippen LogP contribution < -0.4 is 5.32 Å². The molecule has 0 spiro atoms. The van der Waals surface area contributed by atoms with E-state index < -0.39 is 48.2 Å². The summed E-state index contributed by atoms with van der Waals surface area (Å²) in [7, 11) is 0. The molecule has 0 saturated carbocycles. The molecule has 1 saturated heterocycles. The highest BCUT2D eigenvalue weighted by molar-refractivity contribution is 5.76. The van der Waals surface area contributed by atoms with Gasteiger partial charge in [0.2, 0.25) is 0 Å². The van der Waals surface area contributed by atoms with Crippen LogP contribution in [0.5, 0.6) is 0 Å². The van der Waals surface area contributed by atoms with Gasteiger partial charge in [0, 0.05) is 6.54 Å². The Morgan fingerprint density at radius 1 is 1.03 bits per heavy atom. The van der Waals surface area contributed by atoms with Crippen molar-refractivity contribution in [3.05, 3.63) is 71.8 Å². The average Bonchev–Trinajstić information content (AvgIpc) is 3.35. The Labute approximate surface area is 224 Å². The summed E-state index contributed by atoms with van der Waals surface area (Å²) in [5.41, 5.74) is -0.380. The van der Waals surface area contributed by atoms with Gasteiger partial charge >= 0.3 is 12.1 Å². The zero-order chi connectivity index (χ0) is 27.8. The Morgan fingerprint density at radius 2 is 1.61 bits per heavy atom. The summed E-state index contributed by atoms with van der Waals surface area (Å²) in [5, 5.41) is 24.7. The van der Waals surface area contributed by atoms with Gasteiger partial charge < -0.3 is 24.4 Å². The number of carbonyl (C=O) groups is 2. The molecular weight excluding hydrogens is 488 g/mol. The fraction of sp³-hybridized carbons (Fsp3) is 0.517. The van der Waals surface area contributed by atoms with Gasteiger partial charge in [-0.25, -0.2) is 4.79 Å². The smallest absolute Gasteiger partial charge is 0.410 e. The largest absolute Gasteiger partial charge is 0.460 e. The SMILES string of the molecule is C[C@@H](OCc1ccccc1)[C@H](NC(O)C1(CO)CCCN1C(=O)OC(C)(C)C)C(=O)OCc1ccccc1. The molecule has 9 nitrogen and oxygen atoms in total. The molecule has 2 aromatic rings. The number of ether oxygens (including phenoxy) is 3. The van der Waals surface area contributed by atoms with Gasteiger partial charge in [-0.15, -0.1) is 0 Å². The molecule has 0 aromatic heterocycles. The molecular formula is C29H40N2O7. The standard InChI is InChI=1S/C29H40N2O7/c1-21(36-18-22-12-7-5-8-13-22)24(25(33)37-19-23-14-9-6-10-15-23)30-26(34)29(20-32)16-11-17-31(29)27(35)38-28(2,3)4/h5-10,12-15,21,24,26,30,32,34H,11,16-20H2,1-4H3/t21-,24+,26?,29?/m1/s1. The average molecular weight is 529 g/mol. The van der Waals surface area contributed by atoms with Crippen molar-refractivity contribution in [1.29, 1.82) is 0 Å². The van der Waals surface area contributed by atoms with Crippen molar-refractivity contribution >= 4 is 12.1 Å². The number of esters is 1. The minimum absolute atomic E-state index is 0.0501. The molecule has 1 fully saturated rings. The maximum Gasteiger partial charge on any atom is 0.410 e. The Bertz CT molecular complexity index is 1030. The second kappa shape index (κ2) is 13.2. The Kier molecular flexibility index (Phi) is 10.3. The highest BCUT2D eigenvalue weighted by atomic mass is 16.6. The normalized spacial score (nSPS) is 20.0. The predicted molar refractivity (Wildman–Crippen MR) is 142 cm³/mol. The van der Waals surface area contributed by atoms with Crippen LogP contribution in [0, 0.1) is 0 Å². The first-order valence-corrected chi connectivity index (χ1v) is 13.0. The van der Waals surface area contributed by atoms with Crippen molar-refractivity contribution in [2.24, 2.45) is 0 Å². The molecule has 2 aromatic carbocycles. The van der Waals surface area contributed by atoms with Crippen LogP contribution in [0.25, 0.3) is 0 Å². The summed E-state index contributed by atoms with van der Waals surface area (Å²) >= 11 is 0. The summed E-state index contributed by atoms with van der Waals surface area (Å²) in [6, 6.07) is 17.7. The van der Waals surface area contributed by atoms with Crippen LogP contribution in [0.1, 0.15) is 51.7 Å². The Balaban J connectivity index is 1.78. The summed E-state index contributed by atoms with van der Waals surface area (Å²) < 4.78 is 17.1. The maximum atomic E-state index is 13.3. The number of hydrogen-bond donors (Lipinski definition) is 3. The van der Waals surface area contributed by atoms with Gasteiger partial charge in [-0.3, -0.25) is 15.0 Å². The lowest BCUT2D eigenvalue weighted by atomic mass is 9.94. The van der Waals surface area contributed by atoms with E-state index in [9.17, 15) is 19.8 Å². The topological polar surface area (TPSA) is 118 Å².